The first-order valence-corrected chi connectivity index (χ1v) is 10.8. The summed E-state index contributed by atoms with van der Waals surface area (Å²) in [5, 5.41) is 6.97. The largest absolute Gasteiger partial charge is 0.497 e. The Morgan fingerprint density at radius 1 is 0.914 bits per heavy atom. The van der Waals surface area contributed by atoms with Gasteiger partial charge in [0.15, 0.2) is 0 Å². The number of anilines is 1. The number of hydrogen-bond donors (Lipinski definition) is 1. The minimum atomic E-state index is -1.32. The van der Waals surface area contributed by atoms with Crippen LogP contribution in [0.25, 0.3) is 5.69 Å². The molecule has 1 heterocycles. The molecule has 1 aromatic heterocycles. The van der Waals surface area contributed by atoms with E-state index in [0.29, 0.717) is 28.4 Å². The summed E-state index contributed by atoms with van der Waals surface area (Å²) in [7, 11) is 1.52. The van der Waals surface area contributed by atoms with Gasteiger partial charge in [0.1, 0.15) is 5.75 Å². The van der Waals surface area contributed by atoms with Crippen molar-refractivity contribution < 1.29 is 19.1 Å². The van der Waals surface area contributed by atoms with Crippen LogP contribution in [0.1, 0.15) is 27.8 Å². The Morgan fingerprint density at radius 3 is 2.29 bits per heavy atom. The van der Waals surface area contributed by atoms with Crippen LogP contribution in [-0.4, -0.2) is 28.8 Å². The molecule has 8 nitrogen and oxygen atoms in total. The smallest absolute Gasteiger partial charge is 0.364 e. The van der Waals surface area contributed by atoms with Crippen molar-refractivity contribution in [3.05, 3.63) is 118 Å². The van der Waals surface area contributed by atoms with Crippen LogP contribution in [0, 0.1) is 6.92 Å². The van der Waals surface area contributed by atoms with Gasteiger partial charge < -0.3 is 14.8 Å². The van der Waals surface area contributed by atoms with Crippen molar-refractivity contribution in [3.8, 4) is 11.4 Å². The zero-order valence-corrected chi connectivity index (χ0v) is 19.2. The number of amides is 1. The molecule has 0 aliphatic carbocycles. The highest BCUT2D eigenvalue weighted by molar-refractivity contribution is 5.97. The van der Waals surface area contributed by atoms with Crippen molar-refractivity contribution >= 4 is 17.6 Å². The molecule has 0 aliphatic heterocycles. The van der Waals surface area contributed by atoms with Crippen LogP contribution in [0.2, 0.25) is 0 Å². The fraction of sp³-hybridized carbons (Fsp3) is 0.111. The summed E-state index contributed by atoms with van der Waals surface area (Å²) < 4.78 is 12.2. The van der Waals surface area contributed by atoms with Gasteiger partial charge in [-0.2, -0.15) is 5.10 Å². The van der Waals surface area contributed by atoms with E-state index in [0.717, 1.165) is 0 Å². The lowest BCUT2D eigenvalue weighted by Gasteiger charge is -2.18. The Bertz CT molecular complexity index is 1400. The SMILES string of the molecule is COc1cccc(NC(=O)C(OC(=O)c2nn(-c3ccccc3)c(C)cc2=O)c2ccccc2)c1. The quantitative estimate of drug-likeness (QED) is 0.410. The normalized spacial score (nSPS) is 11.4. The average molecular weight is 469 g/mol. The fourth-order valence-electron chi connectivity index (χ4n) is 3.49. The number of benzene rings is 3. The van der Waals surface area contributed by atoms with Crippen molar-refractivity contribution in [2.24, 2.45) is 0 Å². The van der Waals surface area contributed by atoms with Gasteiger partial charge in [-0.15, -0.1) is 0 Å². The number of nitrogens with zero attached hydrogens (tertiary/aromatic N) is 2. The third kappa shape index (κ3) is 5.44. The molecule has 0 bridgehead atoms. The van der Waals surface area contributed by atoms with Gasteiger partial charge in [-0.25, -0.2) is 9.48 Å². The predicted molar refractivity (Wildman–Crippen MR) is 131 cm³/mol. The first-order chi connectivity index (χ1) is 17.0. The summed E-state index contributed by atoms with van der Waals surface area (Å²) in [6.45, 7) is 1.71. The number of hydrogen-bond acceptors (Lipinski definition) is 6. The zero-order valence-electron chi connectivity index (χ0n) is 19.2. The van der Waals surface area contributed by atoms with E-state index in [-0.39, 0.29) is 0 Å². The lowest BCUT2D eigenvalue weighted by molar-refractivity contribution is -0.125. The first-order valence-electron chi connectivity index (χ1n) is 10.8. The second-order valence-corrected chi connectivity index (χ2v) is 7.66. The molecule has 176 valence electrons. The highest BCUT2D eigenvalue weighted by Gasteiger charge is 2.28. The lowest BCUT2D eigenvalue weighted by atomic mass is 10.1. The summed E-state index contributed by atoms with van der Waals surface area (Å²) >= 11 is 0. The summed E-state index contributed by atoms with van der Waals surface area (Å²) in [5.74, 6) is -1.04. The molecule has 4 rings (SSSR count). The molecule has 0 saturated heterocycles. The maximum atomic E-state index is 13.2. The Balaban J connectivity index is 1.65. The molecule has 4 aromatic rings. The third-order valence-electron chi connectivity index (χ3n) is 5.20. The molecule has 1 atom stereocenters. The number of aromatic nitrogens is 2. The van der Waals surface area contributed by atoms with Crippen LogP contribution in [0.3, 0.4) is 0 Å². The highest BCUT2D eigenvalue weighted by atomic mass is 16.5. The minimum Gasteiger partial charge on any atom is -0.497 e. The Morgan fingerprint density at radius 2 is 1.60 bits per heavy atom. The molecular weight excluding hydrogens is 446 g/mol. The second kappa shape index (κ2) is 10.5. The van der Waals surface area contributed by atoms with Crippen LogP contribution in [-0.2, 0) is 9.53 Å². The Kier molecular flexibility index (Phi) is 7.02. The Labute approximate surface area is 201 Å². The molecule has 0 radical (unpaired) electrons. The number of rotatable bonds is 7. The standard InChI is InChI=1S/C27H23N3O5/c1-18-16-23(31)24(29-30(18)21-13-7-4-8-14-21)27(33)35-25(19-10-5-3-6-11-19)26(32)28-20-12-9-15-22(17-20)34-2/h3-17,25H,1-2H3,(H,28,32). The number of nitrogens with one attached hydrogen (secondary N) is 1. The van der Waals surface area contributed by atoms with E-state index >= 15 is 0 Å². The molecule has 0 aliphatic rings. The molecule has 0 fully saturated rings. The van der Waals surface area contributed by atoms with Crippen LogP contribution in [0.5, 0.6) is 5.75 Å². The zero-order chi connectivity index (χ0) is 24.8. The first kappa shape index (κ1) is 23.4. The van der Waals surface area contributed by atoms with E-state index in [4.69, 9.17) is 9.47 Å². The van der Waals surface area contributed by atoms with Gasteiger partial charge in [-0.3, -0.25) is 9.59 Å². The molecule has 3 aromatic carbocycles. The van der Waals surface area contributed by atoms with Crippen LogP contribution in [0.4, 0.5) is 5.69 Å². The third-order valence-corrected chi connectivity index (χ3v) is 5.20. The van der Waals surface area contributed by atoms with Gasteiger partial charge in [0.25, 0.3) is 5.91 Å². The van der Waals surface area contributed by atoms with E-state index in [1.54, 1.807) is 73.7 Å². The highest BCUT2D eigenvalue weighted by Crippen LogP contribution is 2.23. The lowest BCUT2D eigenvalue weighted by Crippen LogP contribution is -2.29. The molecule has 0 saturated carbocycles. The molecule has 1 unspecified atom stereocenters. The molecule has 8 heteroatoms. The Hall–Kier alpha value is -4.72. The number of esters is 1. The molecule has 1 amide bonds. The number of carbonyl (C=O) groups is 2. The fourth-order valence-corrected chi connectivity index (χ4v) is 3.49. The van der Waals surface area contributed by atoms with Crippen LogP contribution >= 0.6 is 0 Å². The number of ether oxygens (including phenoxy) is 2. The monoisotopic (exact) mass is 469 g/mol. The maximum Gasteiger partial charge on any atom is 0.364 e. The summed E-state index contributed by atoms with van der Waals surface area (Å²) in [5.41, 5.74) is 1.11. The topological polar surface area (TPSA) is 99.5 Å². The molecule has 35 heavy (non-hydrogen) atoms. The minimum absolute atomic E-state index is 0.422. The second-order valence-electron chi connectivity index (χ2n) is 7.66. The van der Waals surface area contributed by atoms with E-state index in [1.165, 1.54) is 17.9 Å². The molecule has 0 spiro atoms. The maximum absolute atomic E-state index is 13.2. The summed E-state index contributed by atoms with van der Waals surface area (Å²) in [6, 6.07) is 25.7. The van der Waals surface area contributed by atoms with Crippen molar-refractivity contribution in [3.63, 3.8) is 0 Å². The van der Waals surface area contributed by atoms with Crippen molar-refractivity contribution in [2.45, 2.75) is 13.0 Å². The van der Waals surface area contributed by atoms with Crippen LogP contribution in [0.15, 0.2) is 95.8 Å². The average Bonchev–Trinajstić information content (AvgIpc) is 2.88. The molecular formula is C27H23N3O5. The molecule has 1 N–H and O–H groups in total. The number of para-hydroxylation sites is 1. The van der Waals surface area contributed by atoms with E-state index in [9.17, 15) is 14.4 Å². The van der Waals surface area contributed by atoms with Gasteiger partial charge in [-0.05, 0) is 31.2 Å². The number of carbonyl (C=O) groups excluding carboxylic acids is 2. The van der Waals surface area contributed by atoms with Gasteiger partial charge in [0, 0.05) is 29.1 Å². The van der Waals surface area contributed by atoms with Gasteiger partial charge >= 0.3 is 5.97 Å². The summed E-state index contributed by atoms with van der Waals surface area (Å²) in [6.07, 6.45) is -1.32. The number of aryl methyl sites for hydroxylation is 1. The van der Waals surface area contributed by atoms with Crippen molar-refractivity contribution in [1.82, 2.24) is 9.78 Å². The van der Waals surface area contributed by atoms with Crippen molar-refractivity contribution in [2.75, 3.05) is 12.4 Å². The summed E-state index contributed by atoms with van der Waals surface area (Å²) in [4.78, 5) is 38.9. The van der Waals surface area contributed by atoms with Gasteiger partial charge in [0.05, 0.1) is 12.8 Å². The number of methoxy groups -OCH3 is 1. The predicted octanol–water partition coefficient (Wildman–Crippen LogP) is 4.09. The van der Waals surface area contributed by atoms with E-state index in [2.05, 4.69) is 10.4 Å². The van der Waals surface area contributed by atoms with E-state index < -0.39 is 29.1 Å². The van der Waals surface area contributed by atoms with Crippen LogP contribution < -0.4 is 15.5 Å². The van der Waals surface area contributed by atoms with E-state index in [1.807, 2.05) is 18.2 Å². The van der Waals surface area contributed by atoms with Gasteiger partial charge in [-0.1, -0.05) is 54.6 Å². The van der Waals surface area contributed by atoms with Gasteiger partial charge in [0.2, 0.25) is 17.2 Å². The van der Waals surface area contributed by atoms with Crippen molar-refractivity contribution in [1.29, 1.82) is 0 Å².